The van der Waals surface area contributed by atoms with Crippen molar-refractivity contribution >= 4 is 36.4 Å². The zero-order valence-corrected chi connectivity index (χ0v) is 17.8. The molecule has 6 heteroatoms. The first-order valence-electron chi connectivity index (χ1n) is 9.22. The molecule has 1 atom stereocenters. The fraction of sp³-hybridized carbons (Fsp3) is 0. The van der Waals surface area contributed by atoms with Crippen molar-refractivity contribution in [3.8, 4) is 0 Å². The number of hydrogen-bond acceptors (Lipinski definition) is 0. The Bertz CT molecular complexity index is 1050. The third-order valence-corrected chi connectivity index (χ3v) is 14.2. The molecule has 0 saturated heterocycles. The van der Waals surface area contributed by atoms with Gasteiger partial charge >= 0.3 is 174 Å². The van der Waals surface area contributed by atoms with E-state index in [2.05, 4.69) is 8.93 Å². The van der Waals surface area contributed by atoms with Gasteiger partial charge < -0.3 is 0 Å². The standard InChI is InChI=1S/C24H18F4P2/c25-17-9-1-5-13-21(17)30(29,22-14-6-2-10-18(22)26,23-15-7-3-11-19(23)27)24-16-8-4-12-20(24)28/h1-16H,29H2. The molecule has 30 heavy (non-hydrogen) atoms. The summed E-state index contributed by atoms with van der Waals surface area (Å²) in [5.41, 5.74) is 0. The Morgan fingerprint density at radius 2 is 0.600 bits per heavy atom. The zero-order valence-electron chi connectivity index (χ0n) is 15.8. The van der Waals surface area contributed by atoms with Crippen LogP contribution in [0.2, 0.25) is 0 Å². The predicted molar refractivity (Wildman–Crippen MR) is 121 cm³/mol. The van der Waals surface area contributed by atoms with Crippen LogP contribution >= 0.6 is 15.2 Å². The van der Waals surface area contributed by atoms with Crippen LogP contribution < -0.4 is 21.2 Å². The van der Waals surface area contributed by atoms with Crippen LogP contribution in [-0.4, -0.2) is 0 Å². The molecule has 152 valence electrons. The van der Waals surface area contributed by atoms with Crippen molar-refractivity contribution in [2.45, 2.75) is 0 Å². The van der Waals surface area contributed by atoms with Gasteiger partial charge in [-0.1, -0.05) is 0 Å². The summed E-state index contributed by atoms with van der Waals surface area (Å²) >= 11 is 0. The van der Waals surface area contributed by atoms with Gasteiger partial charge in [0.2, 0.25) is 0 Å². The van der Waals surface area contributed by atoms with Gasteiger partial charge in [-0.3, -0.25) is 0 Å². The van der Waals surface area contributed by atoms with Crippen molar-refractivity contribution in [1.29, 1.82) is 0 Å². The van der Waals surface area contributed by atoms with Crippen LogP contribution in [0.3, 0.4) is 0 Å². The predicted octanol–water partition coefficient (Wildman–Crippen LogP) is 5.19. The minimum absolute atomic E-state index is 0.0359. The van der Waals surface area contributed by atoms with Crippen molar-refractivity contribution < 1.29 is 17.6 Å². The monoisotopic (exact) mass is 444 g/mol. The van der Waals surface area contributed by atoms with Crippen LogP contribution in [0.25, 0.3) is 0 Å². The summed E-state index contributed by atoms with van der Waals surface area (Å²) in [4.78, 5) is 0. The Hall–Kier alpha value is -2.54. The maximum absolute atomic E-state index is 15.4. The van der Waals surface area contributed by atoms with Crippen molar-refractivity contribution in [1.82, 2.24) is 0 Å². The molecule has 0 radical (unpaired) electrons. The molecule has 0 bridgehead atoms. The molecule has 0 aromatic heterocycles. The Kier molecular flexibility index (Phi) is 5.26. The van der Waals surface area contributed by atoms with Gasteiger partial charge in [0.1, 0.15) is 0 Å². The van der Waals surface area contributed by atoms with Gasteiger partial charge in [-0.25, -0.2) is 0 Å². The quantitative estimate of drug-likeness (QED) is 0.300. The SMILES string of the molecule is Fc1ccccc1P(P)(c1ccccc1F)(c1ccccc1F)c1ccccc1F. The molecule has 0 nitrogen and oxygen atoms in total. The number of rotatable bonds is 4. The minimum atomic E-state index is -4.59. The maximum atomic E-state index is 15.4. The molecule has 0 aliphatic heterocycles. The van der Waals surface area contributed by atoms with Crippen LogP contribution in [-0.2, 0) is 0 Å². The Balaban J connectivity index is 2.37. The first kappa shape index (κ1) is 20.7. The van der Waals surface area contributed by atoms with E-state index in [4.69, 9.17) is 0 Å². The van der Waals surface area contributed by atoms with E-state index in [0.29, 0.717) is 0 Å². The van der Waals surface area contributed by atoms with Gasteiger partial charge in [0.15, 0.2) is 0 Å². The molecular weight excluding hydrogens is 426 g/mol. The Morgan fingerprint density at radius 1 is 0.400 bits per heavy atom. The van der Waals surface area contributed by atoms with Crippen molar-refractivity contribution in [2.75, 3.05) is 0 Å². The third kappa shape index (κ3) is 2.82. The van der Waals surface area contributed by atoms with E-state index in [-0.39, 0.29) is 21.2 Å². The molecule has 0 amide bonds. The molecule has 0 aliphatic carbocycles. The fourth-order valence-electron chi connectivity index (χ4n) is 4.09. The number of benzene rings is 4. The van der Waals surface area contributed by atoms with Gasteiger partial charge in [-0.05, 0) is 0 Å². The summed E-state index contributed by atoms with van der Waals surface area (Å²) in [5.74, 6) is -2.67. The second kappa shape index (κ2) is 7.61. The molecule has 0 saturated carbocycles. The van der Waals surface area contributed by atoms with E-state index in [9.17, 15) is 0 Å². The van der Waals surface area contributed by atoms with Crippen molar-refractivity contribution in [2.24, 2.45) is 0 Å². The van der Waals surface area contributed by atoms with Crippen LogP contribution in [0.5, 0.6) is 0 Å². The normalized spacial score (nSPS) is 12.9. The van der Waals surface area contributed by atoms with Gasteiger partial charge in [-0.15, -0.1) is 0 Å². The van der Waals surface area contributed by atoms with Gasteiger partial charge in [0, 0.05) is 0 Å². The second-order valence-corrected chi connectivity index (χ2v) is 14.4. The fourth-order valence-corrected chi connectivity index (χ4v) is 11.8. The molecule has 0 fully saturated rings. The van der Waals surface area contributed by atoms with Gasteiger partial charge in [-0.2, -0.15) is 0 Å². The summed E-state index contributed by atoms with van der Waals surface area (Å²) in [7, 11) is 2.54. The summed E-state index contributed by atoms with van der Waals surface area (Å²) in [6, 6.07) is 23.2. The van der Waals surface area contributed by atoms with Crippen LogP contribution in [0.4, 0.5) is 17.6 Å². The Morgan fingerprint density at radius 3 is 0.800 bits per heavy atom. The summed E-state index contributed by atoms with van der Waals surface area (Å²) in [5, 5.41) is 0.144. The number of halogens is 4. The van der Waals surface area contributed by atoms with Gasteiger partial charge in [0.25, 0.3) is 0 Å². The first-order valence-corrected chi connectivity index (χ1v) is 13.1. The van der Waals surface area contributed by atoms with E-state index in [1.807, 2.05) is 0 Å². The molecule has 4 rings (SSSR count). The van der Waals surface area contributed by atoms with Crippen LogP contribution in [0.15, 0.2) is 97.1 Å². The number of hydrogen-bond donors (Lipinski definition) is 0. The summed E-state index contributed by atoms with van der Waals surface area (Å²) in [6.45, 7) is 0. The second-order valence-electron chi connectivity index (χ2n) is 6.99. The van der Waals surface area contributed by atoms with E-state index in [1.54, 1.807) is 24.3 Å². The van der Waals surface area contributed by atoms with Gasteiger partial charge in [0.05, 0.1) is 0 Å². The average molecular weight is 444 g/mol. The molecule has 0 N–H and O–H groups in total. The average Bonchev–Trinajstić information content (AvgIpc) is 2.75. The zero-order chi connectivity index (χ0) is 21.4. The first-order chi connectivity index (χ1) is 14.4. The molecule has 0 spiro atoms. The third-order valence-electron chi connectivity index (χ3n) is 5.41. The van der Waals surface area contributed by atoms with E-state index in [0.717, 1.165) is 0 Å². The Labute approximate surface area is 174 Å². The molecule has 4 aromatic rings. The van der Waals surface area contributed by atoms with E-state index < -0.39 is 29.6 Å². The molecule has 0 heterocycles. The van der Waals surface area contributed by atoms with Crippen molar-refractivity contribution in [3.63, 3.8) is 0 Å². The van der Waals surface area contributed by atoms with E-state index in [1.165, 1.54) is 72.8 Å². The molecular formula is C24H18F4P2. The molecule has 4 aromatic carbocycles. The summed E-state index contributed by atoms with van der Waals surface area (Å²) < 4.78 is 61.7. The van der Waals surface area contributed by atoms with Crippen molar-refractivity contribution in [3.05, 3.63) is 120 Å². The van der Waals surface area contributed by atoms with E-state index >= 15 is 17.6 Å². The van der Waals surface area contributed by atoms with Crippen LogP contribution in [0, 0.1) is 23.3 Å². The topological polar surface area (TPSA) is 0 Å². The molecule has 0 aliphatic rings. The summed E-state index contributed by atoms with van der Waals surface area (Å²) in [6.07, 6.45) is -4.59. The molecule has 1 unspecified atom stereocenters. The van der Waals surface area contributed by atoms with Crippen LogP contribution in [0.1, 0.15) is 0 Å².